The van der Waals surface area contributed by atoms with Crippen LogP contribution in [0.2, 0.25) is 0 Å². The van der Waals surface area contributed by atoms with Crippen molar-refractivity contribution in [3.63, 3.8) is 0 Å². The van der Waals surface area contributed by atoms with Crippen LogP contribution >= 0.6 is 0 Å². The molecule has 0 amide bonds. The molecule has 0 bridgehead atoms. The fourth-order valence-corrected chi connectivity index (χ4v) is 2.92. The maximum absolute atomic E-state index is 5.73. The van der Waals surface area contributed by atoms with Gasteiger partial charge in [0, 0.05) is 13.2 Å². The lowest BCUT2D eigenvalue weighted by molar-refractivity contribution is 0.0161. The molecule has 0 spiro atoms. The van der Waals surface area contributed by atoms with E-state index in [-0.39, 0.29) is 0 Å². The molecule has 2 saturated heterocycles. The summed E-state index contributed by atoms with van der Waals surface area (Å²) in [7, 11) is 0. The summed E-state index contributed by atoms with van der Waals surface area (Å²) in [6.45, 7) is 9.30. The van der Waals surface area contributed by atoms with Gasteiger partial charge in [0.1, 0.15) is 0 Å². The average molecular weight is 240 g/mol. The number of rotatable bonds is 5. The Bertz CT molecular complexity index is 196. The Hall–Kier alpha value is -0.120. The predicted molar refractivity (Wildman–Crippen MR) is 71.3 cm³/mol. The fraction of sp³-hybridized carbons (Fsp3) is 1.00. The van der Waals surface area contributed by atoms with Crippen LogP contribution in [0, 0.1) is 5.92 Å². The van der Waals surface area contributed by atoms with Crippen LogP contribution in [0.4, 0.5) is 0 Å². The van der Waals surface area contributed by atoms with Gasteiger partial charge in [-0.3, -0.25) is 0 Å². The zero-order valence-electron chi connectivity index (χ0n) is 11.3. The highest BCUT2D eigenvalue weighted by atomic mass is 16.5. The first-order chi connectivity index (χ1) is 8.38. The van der Waals surface area contributed by atoms with Gasteiger partial charge in [-0.1, -0.05) is 6.92 Å². The number of hydrogen-bond acceptors (Lipinski definition) is 3. The summed E-state index contributed by atoms with van der Waals surface area (Å²) >= 11 is 0. The van der Waals surface area contributed by atoms with Gasteiger partial charge in [0.15, 0.2) is 0 Å². The Kier molecular flexibility index (Phi) is 5.75. The molecule has 0 aromatic carbocycles. The van der Waals surface area contributed by atoms with E-state index >= 15 is 0 Å². The Balaban J connectivity index is 1.53. The van der Waals surface area contributed by atoms with Gasteiger partial charge in [0.25, 0.3) is 0 Å². The third kappa shape index (κ3) is 4.57. The monoisotopic (exact) mass is 240 g/mol. The third-order valence-electron chi connectivity index (χ3n) is 4.23. The van der Waals surface area contributed by atoms with E-state index in [0.717, 1.165) is 19.1 Å². The van der Waals surface area contributed by atoms with E-state index in [1.807, 2.05) is 0 Å². The van der Waals surface area contributed by atoms with E-state index in [0.29, 0.717) is 6.10 Å². The van der Waals surface area contributed by atoms with Gasteiger partial charge >= 0.3 is 0 Å². The molecule has 3 heteroatoms. The van der Waals surface area contributed by atoms with Crippen molar-refractivity contribution in [3.05, 3.63) is 0 Å². The summed E-state index contributed by atoms with van der Waals surface area (Å²) in [6, 6.07) is 0. The molecule has 0 radical (unpaired) electrons. The highest BCUT2D eigenvalue weighted by Crippen LogP contribution is 2.16. The summed E-state index contributed by atoms with van der Waals surface area (Å²) in [4.78, 5) is 2.56. The predicted octanol–water partition coefficient (Wildman–Crippen LogP) is 1.88. The largest absolute Gasteiger partial charge is 0.377 e. The first-order valence-corrected chi connectivity index (χ1v) is 7.43. The second-order valence-corrected chi connectivity index (χ2v) is 5.52. The highest BCUT2D eigenvalue weighted by molar-refractivity contribution is 4.74. The smallest absolute Gasteiger partial charge is 0.0699 e. The quantitative estimate of drug-likeness (QED) is 0.794. The molecule has 0 aromatic heterocycles. The molecular weight excluding hydrogens is 212 g/mol. The van der Waals surface area contributed by atoms with Gasteiger partial charge < -0.3 is 15.0 Å². The van der Waals surface area contributed by atoms with E-state index in [9.17, 15) is 0 Å². The molecule has 1 atom stereocenters. The van der Waals surface area contributed by atoms with Crippen molar-refractivity contribution in [2.24, 2.45) is 5.92 Å². The molecule has 2 aliphatic heterocycles. The minimum atomic E-state index is 0.486. The fourth-order valence-electron chi connectivity index (χ4n) is 2.92. The standard InChI is InChI=1S/C14H28N2O/c1-2-16-8-6-13(7-9-16)11-15-12-14-5-3-4-10-17-14/h13-15H,2-12H2,1H3. The van der Waals surface area contributed by atoms with Crippen LogP contribution < -0.4 is 5.32 Å². The van der Waals surface area contributed by atoms with E-state index in [1.165, 1.54) is 58.3 Å². The maximum Gasteiger partial charge on any atom is 0.0699 e. The second kappa shape index (κ2) is 7.34. The Labute approximate surface area is 106 Å². The van der Waals surface area contributed by atoms with Gasteiger partial charge in [-0.2, -0.15) is 0 Å². The summed E-state index contributed by atoms with van der Waals surface area (Å²) < 4.78 is 5.73. The first-order valence-electron chi connectivity index (χ1n) is 7.43. The zero-order valence-corrected chi connectivity index (χ0v) is 11.3. The summed E-state index contributed by atoms with van der Waals surface area (Å²) in [5, 5.41) is 3.61. The SMILES string of the molecule is CCN1CCC(CNCC2CCCCO2)CC1. The first kappa shape index (κ1) is 13.3. The second-order valence-electron chi connectivity index (χ2n) is 5.52. The molecule has 2 rings (SSSR count). The zero-order chi connectivity index (χ0) is 11.9. The normalized spacial score (nSPS) is 28.4. The number of likely N-dealkylation sites (tertiary alicyclic amines) is 1. The molecule has 2 aliphatic rings. The van der Waals surface area contributed by atoms with Crippen molar-refractivity contribution < 1.29 is 4.74 Å². The third-order valence-corrected chi connectivity index (χ3v) is 4.23. The van der Waals surface area contributed by atoms with Crippen molar-refractivity contribution in [3.8, 4) is 0 Å². The van der Waals surface area contributed by atoms with Gasteiger partial charge in [-0.05, 0) is 64.2 Å². The molecule has 1 N–H and O–H groups in total. The van der Waals surface area contributed by atoms with Crippen LogP contribution in [0.25, 0.3) is 0 Å². The van der Waals surface area contributed by atoms with Gasteiger partial charge in [-0.25, -0.2) is 0 Å². The van der Waals surface area contributed by atoms with Crippen molar-refractivity contribution in [1.82, 2.24) is 10.2 Å². The van der Waals surface area contributed by atoms with Crippen molar-refractivity contribution in [2.75, 3.05) is 39.3 Å². The topological polar surface area (TPSA) is 24.5 Å². The molecule has 100 valence electrons. The summed E-state index contributed by atoms with van der Waals surface area (Å²) in [6.07, 6.45) is 7.08. The minimum absolute atomic E-state index is 0.486. The van der Waals surface area contributed by atoms with Crippen LogP contribution in [-0.4, -0.2) is 50.3 Å². The molecule has 1 unspecified atom stereocenters. The molecule has 0 aliphatic carbocycles. The molecule has 0 aromatic rings. The molecule has 0 saturated carbocycles. The molecule has 2 heterocycles. The number of piperidine rings is 1. The van der Waals surface area contributed by atoms with Crippen molar-refractivity contribution in [1.29, 1.82) is 0 Å². The van der Waals surface area contributed by atoms with Gasteiger partial charge in [0.05, 0.1) is 6.10 Å². The molecular formula is C14H28N2O. The van der Waals surface area contributed by atoms with Crippen molar-refractivity contribution in [2.45, 2.75) is 45.1 Å². The Morgan fingerprint density at radius 3 is 2.59 bits per heavy atom. The van der Waals surface area contributed by atoms with Crippen LogP contribution in [-0.2, 0) is 4.74 Å². The summed E-state index contributed by atoms with van der Waals surface area (Å²) in [5.41, 5.74) is 0. The highest BCUT2D eigenvalue weighted by Gasteiger charge is 2.18. The van der Waals surface area contributed by atoms with E-state index in [1.54, 1.807) is 0 Å². The number of ether oxygens (including phenoxy) is 1. The average Bonchev–Trinajstić information content (AvgIpc) is 2.41. The lowest BCUT2D eigenvalue weighted by Gasteiger charge is -2.31. The van der Waals surface area contributed by atoms with Crippen LogP contribution in [0.5, 0.6) is 0 Å². The van der Waals surface area contributed by atoms with Gasteiger partial charge in [0.2, 0.25) is 0 Å². The molecule has 3 nitrogen and oxygen atoms in total. The van der Waals surface area contributed by atoms with E-state index in [4.69, 9.17) is 4.74 Å². The van der Waals surface area contributed by atoms with Crippen LogP contribution in [0.1, 0.15) is 39.0 Å². The van der Waals surface area contributed by atoms with Crippen LogP contribution in [0.3, 0.4) is 0 Å². The van der Waals surface area contributed by atoms with E-state index in [2.05, 4.69) is 17.1 Å². The maximum atomic E-state index is 5.73. The minimum Gasteiger partial charge on any atom is -0.377 e. The van der Waals surface area contributed by atoms with Gasteiger partial charge in [-0.15, -0.1) is 0 Å². The lowest BCUT2D eigenvalue weighted by Crippen LogP contribution is -2.39. The number of hydrogen-bond donors (Lipinski definition) is 1. The Morgan fingerprint density at radius 2 is 1.94 bits per heavy atom. The number of nitrogens with one attached hydrogen (secondary N) is 1. The van der Waals surface area contributed by atoms with E-state index < -0.39 is 0 Å². The summed E-state index contributed by atoms with van der Waals surface area (Å²) in [5.74, 6) is 0.890. The van der Waals surface area contributed by atoms with Crippen LogP contribution in [0.15, 0.2) is 0 Å². The molecule has 2 fully saturated rings. The molecule has 17 heavy (non-hydrogen) atoms. The van der Waals surface area contributed by atoms with Crippen molar-refractivity contribution >= 4 is 0 Å². The Morgan fingerprint density at radius 1 is 1.12 bits per heavy atom. The number of nitrogens with zero attached hydrogens (tertiary/aromatic N) is 1. The lowest BCUT2D eigenvalue weighted by atomic mass is 9.96.